The van der Waals surface area contributed by atoms with Crippen molar-refractivity contribution in [1.82, 2.24) is 14.5 Å². The molecular weight excluding hydrogens is 395 g/mol. The number of aliphatic hydroxyl groups excluding tert-OH is 1. The number of halogens is 2. The molecule has 0 aliphatic carbocycles. The van der Waals surface area contributed by atoms with E-state index >= 15 is 0 Å². The van der Waals surface area contributed by atoms with E-state index in [9.17, 15) is 17.9 Å². The van der Waals surface area contributed by atoms with Crippen molar-refractivity contribution in [2.75, 3.05) is 18.8 Å². The normalized spacial score (nSPS) is 18.4. The molecule has 0 radical (unpaired) electrons. The molecule has 1 unspecified atom stereocenters. The first-order valence-corrected chi connectivity index (χ1v) is 10.0. The minimum atomic E-state index is -3.87. The van der Waals surface area contributed by atoms with Crippen LogP contribution in [0.25, 0.3) is 22.0 Å². The number of nitrogens with one attached hydrogen (secondary N) is 1. The molecule has 4 N–H and O–H groups in total. The Kier molecular flexibility index (Phi) is 4.34. The number of H-pyrrole nitrogens is 1. The Morgan fingerprint density at radius 2 is 2.04 bits per heavy atom. The van der Waals surface area contributed by atoms with E-state index in [0.29, 0.717) is 22.9 Å². The highest BCUT2D eigenvalue weighted by Gasteiger charge is 2.32. The summed E-state index contributed by atoms with van der Waals surface area (Å²) in [5.41, 5.74) is 6.96. The molecular formula is C17H16ClFN4O3S. The van der Waals surface area contributed by atoms with Crippen molar-refractivity contribution in [3.8, 4) is 11.1 Å². The Balaban J connectivity index is 1.77. The number of fused-ring (bicyclic) bond motifs is 1. The third-order valence-corrected chi connectivity index (χ3v) is 6.94. The highest BCUT2D eigenvalue weighted by molar-refractivity contribution is 7.89. The lowest BCUT2D eigenvalue weighted by atomic mass is 10.0. The maximum Gasteiger partial charge on any atom is 0.243 e. The first-order valence-electron chi connectivity index (χ1n) is 8.19. The van der Waals surface area contributed by atoms with E-state index in [4.69, 9.17) is 17.3 Å². The molecule has 10 heteroatoms. The fraction of sp³-hybridized carbons (Fsp3) is 0.235. The molecule has 142 valence electrons. The SMILES string of the molecule is Nc1n[nH]c2ccc(-c3ccc(S(=O)(=O)N4CCC(O)C4)cc3F)c(Cl)c12. The molecule has 0 amide bonds. The molecule has 27 heavy (non-hydrogen) atoms. The van der Waals surface area contributed by atoms with E-state index in [1.54, 1.807) is 12.1 Å². The molecule has 0 bridgehead atoms. The van der Waals surface area contributed by atoms with E-state index in [1.165, 1.54) is 12.1 Å². The number of aromatic nitrogens is 2. The lowest BCUT2D eigenvalue weighted by molar-refractivity contribution is 0.189. The number of nitrogens with zero attached hydrogens (tertiary/aromatic N) is 2. The molecule has 1 aromatic heterocycles. The molecule has 7 nitrogen and oxygen atoms in total. The molecule has 4 rings (SSSR count). The smallest absolute Gasteiger partial charge is 0.243 e. The second-order valence-electron chi connectivity index (χ2n) is 6.41. The number of hydrogen-bond donors (Lipinski definition) is 3. The first kappa shape index (κ1) is 18.2. The highest BCUT2D eigenvalue weighted by Crippen LogP contribution is 2.38. The van der Waals surface area contributed by atoms with Crippen molar-refractivity contribution in [1.29, 1.82) is 0 Å². The van der Waals surface area contributed by atoms with Gasteiger partial charge in [-0.2, -0.15) is 9.40 Å². The lowest BCUT2D eigenvalue weighted by Gasteiger charge is -2.16. The van der Waals surface area contributed by atoms with E-state index in [1.807, 2.05) is 0 Å². The summed E-state index contributed by atoms with van der Waals surface area (Å²) in [5.74, 6) is -0.525. The van der Waals surface area contributed by atoms with Crippen LogP contribution in [-0.4, -0.2) is 47.2 Å². The summed E-state index contributed by atoms with van der Waals surface area (Å²) in [7, 11) is -3.87. The van der Waals surface area contributed by atoms with E-state index in [2.05, 4.69) is 10.2 Å². The van der Waals surface area contributed by atoms with Crippen LogP contribution in [0.1, 0.15) is 6.42 Å². The summed E-state index contributed by atoms with van der Waals surface area (Å²) in [4.78, 5) is -0.169. The Hall–Kier alpha value is -2.20. The Morgan fingerprint density at radius 3 is 2.70 bits per heavy atom. The van der Waals surface area contributed by atoms with Crippen LogP contribution in [-0.2, 0) is 10.0 Å². The van der Waals surface area contributed by atoms with Crippen LogP contribution in [0.2, 0.25) is 5.02 Å². The topological polar surface area (TPSA) is 112 Å². The van der Waals surface area contributed by atoms with Crippen molar-refractivity contribution in [3.05, 3.63) is 41.2 Å². The highest BCUT2D eigenvalue weighted by atomic mass is 35.5. The molecule has 2 heterocycles. The Labute approximate surface area is 159 Å². The fourth-order valence-corrected chi connectivity index (χ4v) is 5.12. The number of hydrogen-bond acceptors (Lipinski definition) is 5. The molecule has 2 aromatic carbocycles. The van der Waals surface area contributed by atoms with Crippen LogP contribution < -0.4 is 5.73 Å². The molecule has 1 atom stereocenters. The van der Waals surface area contributed by atoms with Gasteiger partial charge in [-0.05, 0) is 24.6 Å². The minimum absolute atomic E-state index is 0.00790. The predicted octanol–water partition coefficient (Wildman–Crippen LogP) is 2.36. The van der Waals surface area contributed by atoms with Crippen molar-refractivity contribution in [2.45, 2.75) is 17.4 Å². The molecule has 1 fully saturated rings. The lowest BCUT2D eigenvalue weighted by Crippen LogP contribution is -2.29. The summed E-state index contributed by atoms with van der Waals surface area (Å²) < 4.78 is 41.2. The van der Waals surface area contributed by atoms with Gasteiger partial charge in [0, 0.05) is 24.2 Å². The largest absolute Gasteiger partial charge is 0.392 e. The average molecular weight is 411 g/mol. The van der Waals surface area contributed by atoms with Gasteiger partial charge >= 0.3 is 0 Å². The van der Waals surface area contributed by atoms with Crippen molar-refractivity contribution in [2.24, 2.45) is 0 Å². The van der Waals surface area contributed by atoms with Gasteiger partial charge in [-0.15, -0.1) is 0 Å². The number of sulfonamides is 1. The number of aromatic amines is 1. The van der Waals surface area contributed by atoms with Gasteiger partial charge in [0.05, 0.1) is 26.9 Å². The van der Waals surface area contributed by atoms with Crippen molar-refractivity contribution < 1.29 is 17.9 Å². The monoisotopic (exact) mass is 410 g/mol. The third kappa shape index (κ3) is 2.96. The van der Waals surface area contributed by atoms with Gasteiger partial charge in [0.15, 0.2) is 5.82 Å². The molecule has 3 aromatic rings. The van der Waals surface area contributed by atoms with Crippen LogP contribution in [0.3, 0.4) is 0 Å². The van der Waals surface area contributed by atoms with Crippen LogP contribution in [0, 0.1) is 5.82 Å². The van der Waals surface area contributed by atoms with Gasteiger partial charge in [-0.1, -0.05) is 23.7 Å². The van der Waals surface area contributed by atoms with Crippen molar-refractivity contribution >= 4 is 38.3 Å². The predicted molar refractivity (Wildman–Crippen MR) is 100 cm³/mol. The van der Waals surface area contributed by atoms with Gasteiger partial charge in [0.1, 0.15) is 5.82 Å². The number of benzene rings is 2. The molecule has 0 saturated carbocycles. The van der Waals surface area contributed by atoms with Gasteiger partial charge in [0.25, 0.3) is 0 Å². The van der Waals surface area contributed by atoms with Crippen LogP contribution in [0.4, 0.5) is 10.2 Å². The minimum Gasteiger partial charge on any atom is -0.392 e. The van der Waals surface area contributed by atoms with Gasteiger partial charge in [-0.25, -0.2) is 12.8 Å². The number of nitrogen functional groups attached to an aromatic ring is 1. The van der Waals surface area contributed by atoms with Crippen LogP contribution >= 0.6 is 11.6 Å². The summed E-state index contributed by atoms with van der Waals surface area (Å²) >= 11 is 6.38. The number of β-amino-alcohol motifs (C(OH)–C–C–N with tert-alkyl or cyclic N) is 1. The molecule has 1 aliphatic heterocycles. The van der Waals surface area contributed by atoms with E-state index < -0.39 is 21.9 Å². The number of anilines is 1. The zero-order valence-electron chi connectivity index (χ0n) is 14.0. The zero-order valence-corrected chi connectivity index (χ0v) is 15.6. The second-order valence-corrected chi connectivity index (χ2v) is 8.72. The number of nitrogens with two attached hydrogens (primary N) is 1. The summed E-state index contributed by atoms with van der Waals surface area (Å²) in [6.45, 7) is 0.211. The van der Waals surface area contributed by atoms with Crippen LogP contribution in [0.15, 0.2) is 35.2 Å². The standard InChI is InChI=1S/C17H16ClFN4O3S/c18-16-12(3-4-14-15(16)17(20)22-21-14)11-2-1-10(7-13(11)19)27(25,26)23-6-5-9(24)8-23/h1-4,7,9,24H,5-6,8H2,(H3,20,21,22). The second kappa shape index (κ2) is 6.45. The quantitative estimate of drug-likeness (QED) is 0.613. The van der Waals surface area contributed by atoms with Gasteiger partial charge < -0.3 is 10.8 Å². The number of rotatable bonds is 3. The molecule has 1 saturated heterocycles. The zero-order chi connectivity index (χ0) is 19.3. The fourth-order valence-electron chi connectivity index (χ4n) is 3.26. The molecule has 0 spiro atoms. The summed E-state index contributed by atoms with van der Waals surface area (Å²) in [5, 5.41) is 16.9. The maximum atomic E-state index is 14.8. The summed E-state index contributed by atoms with van der Waals surface area (Å²) in [6, 6.07) is 6.96. The van der Waals surface area contributed by atoms with E-state index in [-0.39, 0.29) is 34.4 Å². The maximum absolute atomic E-state index is 14.8. The van der Waals surface area contributed by atoms with Gasteiger partial charge in [0.2, 0.25) is 10.0 Å². The third-order valence-electron chi connectivity index (χ3n) is 4.69. The Bertz CT molecular complexity index is 1150. The van der Waals surface area contributed by atoms with E-state index in [0.717, 1.165) is 10.4 Å². The van der Waals surface area contributed by atoms with Crippen LogP contribution in [0.5, 0.6) is 0 Å². The Morgan fingerprint density at radius 1 is 1.30 bits per heavy atom. The first-order chi connectivity index (χ1) is 12.8. The summed E-state index contributed by atoms with van der Waals surface area (Å²) in [6.07, 6.45) is -0.337. The van der Waals surface area contributed by atoms with Crippen molar-refractivity contribution in [3.63, 3.8) is 0 Å². The molecule has 1 aliphatic rings. The average Bonchev–Trinajstić information content (AvgIpc) is 3.22. The number of aliphatic hydroxyl groups is 1. The van der Waals surface area contributed by atoms with Gasteiger partial charge in [-0.3, -0.25) is 5.10 Å².